The number of alkyl halides is 6. The van der Waals surface area contributed by atoms with E-state index >= 15 is 0 Å². The molecule has 1 heterocycles. The Labute approximate surface area is 123 Å². The van der Waals surface area contributed by atoms with Gasteiger partial charge in [0, 0.05) is 0 Å². The van der Waals surface area contributed by atoms with Crippen LogP contribution in [0.5, 0.6) is 0 Å². The van der Waals surface area contributed by atoms with Crippen LogP contribution in [0.3, 0.4) is 0 Å². The van der Waals surface area contributed by atoms with Gasteiger partial charge >= 0.3 is 12.1 Å². The Bertz CT molecular complexity index is 450. The highest BCUT2D eigenvalue weighted by Crippen LogP contribution is 2.36. The van der Waals surface area contributed by atoms with Crippen molar-refractivity contribution in [1.82, 2.24) is 4.98 Å². The molecule has 0 amide bonds. The molecule has 1 aromatic rings. The SMILES string of the molecule is O=C(OC(Cl)C(Cl)Cl)c1sc(Cl)nc1C(F)(F)F. The van der Waals surface area contributed by atoms with Crippen LogP contribution in [-0.2, 0) is 10.9 Å². The molecular weight excluding hydrogens is 361 g/mol. The Balaban J connectivity index is 2.99. The summed E-state index contributed by atoms with van der Waals surface area (Å²) in [7, 11) is 0. The van der Waals surface area contributed by atoms with Crippen LogP contribution in [0.4, 0.5) is 13.2 Å². The number of hydrogen-bond acceptors (Lipinski definition) is 4. The van der Waals surface area contributed by atoms with Crippen molar-refractivity contribution in [2.75, 3.05) is 0 Å². The van der Waals surface area contributed by atoms with Gasteiger partial charge in [-0.2, -0.15) is 13.2 Å². The summed E-state index contributed by atoms with van der Waals surface area (Å²) >= 11 is 21.6. The quantitative estimate of drug-likeness (QED) is 0.593. The third-order valence-corrected chi connectivity index (χ3v) is 3.67. The number of halogens is 7. The minimum absolute atomic E-state index is 0.318. The van der Waals surface area contributed by atoms with Crippen molar-refractivity contribution < 1.29 is 22.7 Å². The minimum Gasteiger partial charge on any atom is -0.439 e. The summed E-state index contributed by atoms with van der Waals surface area (Å²) in [5.41, 5.74) is -2.92. The van der Waals surface area contributed by atoms with Gasteiger partial charge in [0.2, 0.25) is 5.56 Å². The van der Waals surface area contributed by atoms with E-state index in [9.17, 15) is 18.0 Å². The molecule has 1 atom stereocenters. The topological polar surface area (TPSA) is 39.2 Å². The van der Waals surface area contributed by atoms with Crippen molar-refractivity contribution >= 4 is 63.7 Å². The first-order chi connectivity index (χ1) is 8.12. The molecule has 3 nitrogen and oxygen atoms in total. The van der Waals surface area contributed by atoms with Crippen LogP contribution in [-0.4, -0.2) is 21.4 Å². The zero-order valence-electron chi connectivity index (χ0n) is 7.97. The Morgan fingerprint density at radius 3 is 2.33 bits per heavy atom. The van der Waals surface area contributed by atoms with Crippen LogP contribution in [0.2, 0.25) is 4.47 Å². The predicted molar refractivity (Wildman–Crippen MR) is 62.7 cm³/mol. The molecule has 0 spiro atoms. The van der Waals surface area contributed by atoms with Gasteiger partial charge < -0.3 is 4.74 Å². The Morgan fingerprint density at radius 1 is 1.33 bits per heavy atom. The number of ether oxygens (including phenoxy) is 1. The molecular formula is C7H2Cl4F3NO2S. The van der Waals surface area contributed by atoms with Gasteiger partial charge in [0.05, 0.1) is 0 Å². The summed E-state index contributed by atoms with van der Waals surface area (Å²) in [5, 5.41) is 0. The number of esters is 1. The number of aromatic nitrogens is 1. The molecule has 0 saturated heterocycles. The molecule has 0 N–H and O–H groups in total. The molecule has 0 aliphatic heterocycles. The molecule has 1 unspecified atom stereocenters. The molecule has 0 aromatic carbocycles. The number of rotatable bonds is 3. The number of carbonyl (C=O) groups excluding carboxylic acids is 1. The molecule has 18 heavy (non-hydrogen) atoms. The zero-order chi connectivity index (χ0) is 14.1. The highest BCUT2D eigenvalue weighted by Gasteiger charge is 2.40. The van der Waals surface area contributed by atoms with Crippen molar-refractivity contribution in [3.63, 3.8) is 0 Å². The first-order valence-electron chi connectivity index (χ1n) is 3.99. The van der Waals surface area contributed by atoms with Crippen LogP contribution in [0.1, 0.15) is 15.4 Å². The smallest absolute Gasteiger partial charge is 0.435 e. The van der Waals surface area contributed by atoms with Gasteiger partial charge in [0.15, 0.2) is 15.0 Å². The molecule has 0 saturated carbocycles. The summed E-state index contributed by atoms with van der Waals surface area (Å²) < 4.78 is 41.5. The summed E-state index contributed by atoms with van der Waals surface area (Å²) in [4.78, 5) is 12.3. The van der Waals surface area contributed by atoms with Gasteiger partial charge in [-0.15, -0.1) is 0 Å². The lowest BCUT2D eigenvalue weighted by Gasteiger charge is -2.11. The van der Waals surface area contributed by atoms with E-state index < -0.39 is 37.6 Å². The Kier molecular flexibility index (Phi) is 5.37. The fraction of sp³-hybridized carbons (Fsp3) is 0.429. The van der Waals surface area contributed by atoms with Crippen LogP contribution in [0, 0.1) is 0 Å². The third-order valence-electron chi connectivity index (χ3n) is 1.47. The second kappa shape index (κ2) is 6.00. The maximum atomic E-state index is 12.5. The lowest BCUT2D eigenvalue weighted by Crippen LogP contribution is -2.20. The molecule has 0 bridgehead atoms. The van der Waals surface area contributed by atoms with Crippen molar-refractivity contribution in [3.8, 4) is 0 Å². The number of thiazole rings is 1. The van der Waals surface area contributed by atoms with Crippen LogP contribution in [0.25, 0.3) is 0 Å². The maximum Gasteiger partial charge on any atom is 0.435 e. The highest BCUT2D eigenvalue weighted by atomic mass is 35.5. The first kappa shape index (κ1) is 16.1. The van der Waals surface area contributed by atoms with Gasteiger partial charge in [0.1, 0.15) is 4.88 Å². The largest absolute Gasteiger partial charge is 0.439 e. The fourth-order valence-corrected chi connectivity index (χ4v) is 2.03. The second-order valence-corrected chi connectivity index (χ2v) is 5.91. The standard InChI is InChI=1S/C7H2Cl4F3NO2S/c8-3(9)4(10)17-5(16)1-2(7(12,13)14)15-6(11)18-1/h3-4H. The number of carbonyl (C=O) groups is 1. The number of nitrogens with zero attached hydrogens (tertiary/aromatic N) is 1. The second-order valence-electron chi connectivity index (χ2n) is 2.73. The Morgan fingerprint density at radius 2 is 1.89 bits per heavy atom. The van der Waals surface area contributed by atoms with Crippen LogP contribution >= 0.6 is 57.7 Å². The van der Waals surface area contributed by atoms with Crippen LogP contribution in [0.15, 0.2) is 0 Å². The van der Waals surface area contributed by atoms with E-state index in [1.165, 1.54) is 0 Å². The molecule has 1 rings (SSSR count). The summed E-state index contributed by atoms with van der Waals surface area (Å²) in [6.45, 7) is 0. The average molecular weight is 363 g/mol. The van der Waals surface area contributed by atoms with Gasteiger partial charge in [-0.05, 0) is 0 Å². The van der Waals surface area contributed by atoms with Crippen molar-refractivity contribution in [3.05, 3.63) is 15.0 Å². The molecule has 0 aliphatic rings. The molecule has 0 radical (unpaired) electrons. The van der Waals surface area contributed by atoms with Gasteiger partial charge in [-0.25, -0.2) is 9.78 Å². The van der Waals surface area contributed by atoms with E-state index in [4.69, 9.17) is 46.4 Å². The summed E-state index contributed by atoms with van der Waals surface area (Å²) in [6.07, 6.45) is -4.83. The molecule has 0 aliphatic carbocycles. The first-order valence-corrected chi connectivity index (χ1v) is 6.50. The number of hydrogen-bond donors (Lipinski definition) is 0. The monoisotopic (exact) mass is 361 g/mol. The van der Waals surface area contributed by atoms with Crippen molar-refractivity contribution in [2.45, 2.75) is 16.6 Å². The van der Waals surface area contributed by atoms with Crippen LogP contribution < -0.4 is 0 Å². The molecule has 1 aromatic heterocycles. The van der Waals surface area contributed by atoms with Crippen molar-refractivity contribution in [1.29, 1.82) is 0 Å². The third kappa shape index (κ3) is 4.03. The molecule has 0 fully saturated rings. The van der Waals surface area contributed by atoms with Gasteiger partial charge in [-0.3, -0.25) is 0 Å². The van der Waals surface area contributed by atoms with Gasteiger partial charge in [-0.1, -0.05) is 57.7 Å². The summed E-state index contributed by atoms with van der Waals surface area (Å²) in [5.74, 6) is -1.35. The normalized spacial score (nSPS) is 13.8. The summed E-state index contributed by atoms with van der Waals surface area (Å²) in [6, 6.07) is 0. The average Bonchev–Trinajstić information content (AvgIpc) is 2.59. The van der Waals surface area contributed by atoms with E-state index in [2.05, 4.69) is 9.72 Å². The van der Waals surface area contributed by atoms with Crippen molar-refractivity contribution in [2.24, 2.45) is 0 Å². The van der Waals surface area contributed by atoms with E-state index in [0.717, 1.165) is 0 Å². The predicted octanol–water partition coefficient (Wildman–Crippen LogP) is 4.34. The zero-order valence-corrected chi connectivity index (χ0v) is 11.8. The van der Waals surface area contributed by atoms with E-state index in [1.54, 1.807) is 0 Å². The molecule has 11 heteroatoms. The maximum absolute atomic E-state index is 12.5. The lowest BCUT2D eigenvalue weighted by molar-refractivity contribution is -0.141. The van der Waals surface area contributed by atoms with E-state index in [1.807, 2.05) is 0 Å². The fourth-order valence-electron chi connectivity index (χ4n) is 0.832. The highest BCUT2D eigenvalue weighted by molar-refractivity contribution is 7.17. The van der Waals surface area contributed by atoms with Gasteiger partial charge in [0.25, 0.3) is 0 Å². The Hall–Kier alpha value is 0.0500. The van der Waals surface area contributed by atoms with E-state index in [0.29, 0.717) is 11.3 Å². The van der Waals surface area contributed by atoms with E-state index in [-0.39, 0.29) is 0 Å². The lowest BCUT2D eigenvalue weighted by atomic mass is 10.3. The molecule has 102 valence electrons. The minimum atomic E-state index is -4.83.